The maximum atomic E-state index is 13.3. The van der Waals surface area contributed by atoms with E-state index in [2.05, 4.69) is 21.2 Å². The molecule has 0 radical (unpaired) electrons. The quantitative estimate of drug-likeness (QED) is 0.899. The molecular formula is C13H15BrFNO2. The van der Waals surface area contributed by atoms with Crippen molar-refractivity contribution in [1.29, 1.82) is 0 Å². The molecule has 1 aliphatic rings. The van der Waals surface area contributed by atoms with Gasteiger partial charge in [-0.3, -0.25) is 4.79 Å². The van der Waals surface area contributed by atoms with Crippen LogP contribution in [0.3, 0.4) is 0 Å². The van der Waals surface area contributed by atoms with Crippen molar-refractivity contribution in [3.8, 4) is 0 Å². The highest BCUT2D eigenvalue weighted by Gasteiger charge is 2.31. The van der Waals surface area contributed by atoms with E-state index < -0.39 is 6.10 Å². The molecule has 0 bridgehead atoms. The van der Waals surface area contributed by atoms with Gasteiger partial charge in [-0.2, -0.15) is 0 Å². The maximum absolute atomic E-state index is 13.3. The third-order valence-corrected chi connectivity index (χ3v) is 3.91. The van der Waals surface area contributed by atoms with Gasteiger partial charge in [0.15, 0.2) is 0 Å². The fourth-order valence-electron chi connectivity index (χ4n) is 2.22. The number of nitrogens with one attached hydrogen (secondary N) is 1. The minimum absolute atomic E-state index is 0.150. The summed E-state index contributed by atoms with van der Waals surface area (Å²) in [6.45, 7) is 0.284. The molecule has 0 aliphatic heterocycles. The molecule has 5 heteroatoms. The van der Waals surface area contributed by atoms with Gasteiger partial charge in [0.25, 0.3) is 0 Å². The summed E-state index contributed by atoms with van der Waals surface area (Å²) in [5, 5.41) is 12.3. The lowest BCUT2D eigenvalue weighted by Gasteiger charge is -2.14. The molecule has 1 aromatic rings. The molecule has 2 atom stereocenters. The predicted octanol–water partition coefficient (Wildman–Crippen LogP) is 2.37. The molecule has 1 saturated carbocycles. The summed E-state index contributed by atoms with van der Waals surface area (Å²) < 4.78 is 13.7. The molecule has 0 spiro atoms. The molecule has 0 saturated heterocycles. The van der Waals surface area contributed by atoms with Gasteiger partial charge < -0.3 is 10.4 Å². The first-order chi connectivity index (χ1) is 8.58. The van der Waals surface area contributed by atoms with E-state index in [1.54, 1.807) is 12.1 Å². The van der Waals surface area contributed by atoms with Crippen molar-refractivity contribution < 1.29 is 14.3 Å². The third kappa shape index (κ3) is 3.09. The van der Waals surface area contributed by atoms with Crippen molar-refractivity contribution in [2.75, 3.05) is 0 Å². The fourth-order valence-corrected chi connectivity index (χ4v) is 2.46. The molecule has 2 unspecified atom stereocenters. The molecule has 18 heavy (non-hydrogen) atoms. The van der Waals surface area contributed by atoms with Crippen molar-refractivity contribution in [3.63, 3.8) is 0 Å². The second kappa shape index (κ2) is 5.80. The van der Waals surface area contributed by atoms with Crippen molar-refractivity contribution in [2.24, 2.45) is 5.92 Å². The Balaban J connectivity index is 1.91. The Morgan fingerprint density at radius 1 is 1.50 bits per heavy atom. The van der Waals surface area contributed by atoms with Crippen LogP contribution in [0.5, 0.6) is 0 Å². The molecule has 2 N–H and O–H groups in total. The lowest BCUT2D eigenvalue weighted by molar-refractivity contribution is -0.127. The summed E-state index contributed by atoms with van der Waals surface area (Å²) in [5.74, 6) is -0.809. The Morgan fingerprint density at radius 2 is 2.28 bits per heavy atom. The van der Waals surface area contributed by atoms with Gasteiger partial charge in [-0.25, -0.2) is 4.39 Å². The van der Waals surface area contributed by atoms with Crippen molar-refractivity contribution in [1.82, 2.24) is 5.32 Å². The summed E-state index contributed by atoms with van der Waals surface area (Å²) >= 11 is 3.08. The van der Waals surface area contributed by atoms with Gasteiger partial charge in [0, 0.05) is 6.54 Å². The van der Waals surface area contributed by atoms with Crippen LogP contribution < -0.4 is 5.32 Å². The number of amides is 1. The summed E-state index contributed by atoms with van der Waals surface area (Å²) in [5.41, 5.74) is 0.705. The largest absolute Gasteiger partial charge is 0.392 e. The Hall–Kier alpha value is -0.940. The molecule has 98 valence electrons. The normalized spacial score (nSPS) is 23.1. The minimum Gasteiger partial charge on any atom is -0.392 e. The Bertz CT molecular complexity index is 453. The standard InChI is InChI=1S/C13H15BrFNO2/c14-10-5-4-8(6-11(10)15)7-16-13(18)9-2-1-3-12(9)17/h4-6,9,12,17H,1-3,7H2,(H,16,18). The zero-order chi connectivity index (χ0) is 13.1. The van der Waals surface area contributed by atoms with E-state index in [4.69, 9.17) is 0 Å². The van der Waals surface area contributed by atoms with Gasteiger partial charge >= 0.3 is 0 Å². The van der Waals surface area contributed by atoms with Crippen molar-refractivity contribution in [2.45, 2.75) is 31.9 Å². The molecule has 1 aliphatic carbocycles. The lowest BCUT2D eigenvalue weighted by atomic mass is 10.1. The van der Waals surface area contributed by atoms with Gasteiger partial charge in [0.1, 0.15) is 5.82 Å². The number of carbonyl (C=O) groups excluding carboxylic acids is 1. The number of halogens is 2. The Labute approximate surface area is 114 Å². The predicted molar refractivity (Wildman–Crippen MR) is 69.3 cm³/mol. The summed E-state index contributed by atoms with van der Waals surface area (Å²) in [7, 11) is 0. The zero-order valence-electron chi connectivity index (χ0n) is 9.83. The van der Waals surface area contributed by atoms with Crippen LogP contribution in [-0.2, 0) is 11.3 Å². The number of rotatable bonds is 3. The van der Waals surface area contributed by atoms with Gasteiger partial charge in [-0.1, -0.05) is 6.07 Å². The maximum Gasteiger partial charge on any atom is 0.225 e. The van der Waals surface area contributed by atoms with E-state index in [9.17, 15) is 14.3 Å². The number of aliphatic hydroxyl groups excluding tert-OH is 1. The highest BCUT2D eigenvalue weighted by atomic mass is 79.9. The van der Waals surface area contributed by atoms with Crippen molar-refractivity contribution >= 4 is 21.8 Å². The fraction of sp³-hybridized carbons (Fsp3) is 0.462. The van der Waals surface area contributed by atoms with E-state index in [-0.39, 0.29) is 24.2 Å². The van der Waals surface area contributed by atoms with Crippen LogP contribution in [-0.4, -0.2) is 17.1 Å². The number of hydrogen-bond acceptors (Lipinski definition) is 2. The van der Waals surface area contributed by atoms with E-state index in [0.29, 0.717) is 16.5 Å². The number of benzene rings is 1. The Morgan fingerprint density at radius 3 is 2.89 bits per heavy atom. The van der Waals surface area contributed by atoms with E-state index in [1.165, 1.54) is 6.07 Å². The third-order valence-electron chi connectivity index (χ3n) is 3.27. The molecule has 0 heterocycles. The van der Waals surface area contributed by atoms with Crippen LogP contribution in [0, 0.1) is 11.7 Å². The smallest absolute Gasteiger partial charge is 0.225 e. The van der Waals surface area contributed by atoms with Crippen LogP contribution in [0.25, 0.3) is 0 Å². The van der Waals surface area contributed by atoms with Crippen LogP contribution in [0.4, 0.5) is 4.39 Å². The summed E-state index contributed by atoms with van der Waals surface area (Å²) in [4.78, 5) is 11.8. The van der Waals surface area contributed by atoms with E-state index in [0.717, 1.165) is 12.8 Å². The first-order valence-electron chi connectivity index (χ1n) is 5.97. The second-order valence-electron chi connectivity index (χ2n) is 4.57. The molecule has 1 fully saturated rings. The average Bonchev–Trinajstić information content (AvgIpc) is 2.77. The molecular weight excluding hydrogens is 301 g/mol. The topological polar surface area (TPSA) is 49.3 Å². The monoisotopic (exact) mass is 315 g/mol. The summed E-state index contributed by atoms with van der Waals surface area (Å²) in [6, 6.07) is 4.75. The molecule has 2 rings (SSSR count). The van der Waals surface area contributed by atoms with Gasteiger partial charge in [0.05, 0.1) is 16.5 Å². The Kier molecular flexibility index (Phi) is 4.35. The number of carbonyl (C=O) groups is 1. The summed E-state index contributed by atoms with van der Waals surface area (Å²) in [6.07, 6.45) is 1.76. The second-order valence-corrected chi connectivity index (χ2v) is 5.43. The molecule has 3 nitrogen and oxygen atoms in total. The number of hydrogen-bond donors (Lipinski definition) is 2. The zero-order valence-corrected chi connectivity index (χ0v) is 11.4. The van der Waals surface area contributed by atoms with Crippen molar-refractivity contribution in [3.05, 3.63) is 34.1 Å². The highest BCUT2D eigenvalue weighted by Crippen LogP contribution is 2.25. The number of aliphatic hydroxyl groups is 1. The minimum atomic E-state index is -0.536. The van der Waals surface area contributed by atoms with E-state index >= 15 is 0 Å². The first kappa shape index (κ1) is 13.5. The van der Waals surface area contributed by atoms with E-state index in [1.807, 2.05) is 0 Å². The SMILES string of the molecule is O=C(NCc1ccc(Br)c(F)c1)C1CCCC1O. The van der Waals surface area contributed by atoms with Gasteiger partial charge in [-0.05, 0) is 52.9 Å². The molecule has 0 aromatic heterocycles. The van der Waals surface area contributed by atoms with Gasteiger partial charge in [-0.15, -0.1) is 0 Å². The van der Waals surface area contributed by atoms with Crippen LogP contribution in [0.2, 0.25) is 0 Å². The van der Waals surface area contributed by atoms with Crippen LogP contribution in [0.1, 0.15) is 24.8 Å². The van der Waals surface area contributed by atoms with Crippen LogP contribution in [0.15, 0.2) is 22.7 Å². The molecule has 1 amide bonds. The van der Waals surface area contributed by atoms with Gasteiger partial charge in [0.2, 0.25) is 5.91 Å². The highest BCUT2D eigenvalue weighted by molar-refractivity contribution is 9.10. The molecule has 1 aromatic carbocycles. The van der Waals surface area contributed by atoms with Crippen LogP contribution >= 0.6 is 15.9 Å². The first-order valence-corrected chi connectivity index (χ1v) is 6.77. The lowest BCUT2D eigenvalue weighted by Crippen LogP contribution is -2.34. The average molecular weight is 316 g/mol.